The lowest BCUT2D eigenvalue weighted by Gasteiger charge is -2.32. The minimum atomic E-state index is -0.396. The lowest BCUT2D eigenvalue weighted by Crippen LogP contribution is -2.43. The molecule has 2 aliphatic rings. The topological polar surface area (TPSA) is 70.9 Å². The van der Waals surface area contributed by atoms with Crippen molar-refractivity contribution in [1.29, 1.82) is 0 Å². The molecule has 5 nitrogen and oxygen atoms in total. The molecular formula is C20H28N2O3. The van der Waals surface area contributed by atoms with Crippen molar-refractivity contribution in [2.75, 3.05) is 13.3 Å². The second-order valence-electron chi connectivity index (χ2n) is 7.05. The van der Waals surface area contributed by atoms with Crippen molar-refractivity contribution in [2.24, 2.45) is 16.8 Å². The molecule has 0 bridgehead atoms. The van der Waals surface area contributed by atoms with Crippen LogP contribution in [0.25, 0.3) is 0 Å². The second kappa shape index (κ2) is 8.48. The molecule has 25 heavy (non-hydrogen) atoms. The van der Waals surface area contributed by atoms with E-state index in [2.05, 4.69) is 10.3 Å². The predicted octanol–water partition coefficient (Wildman–Crippen LogP) is 3.58. The van der Waals surface area contributed by atoms with E-state index in [1.807, 2.05) is 19.1 Å². The number of nitrogens with one attached hydrogen (secondary N) is 1. The van der Waals surface area contributed by atoms with Crippen LogP contribution in [0.4, 0.5) is 0 Å². The minimum absolute atomic E-state index is 0.160. The number of phenols is 1. The van der Waals surface area contributed by atoms with Crippen molar-refractivity contribution < 1.29 is 14.6 Å². The van der Waals surface area contributed by atoms with Crippen LogP contribution in [-0.2, 0) is 9.53 Å². The van der Waals surface area contributed by atoms with Gasteiger partial charge in [-0.3, -0.25) is 15.1 Å². The summed E-state index contributed by atoms with van der Waals surface area (Å²) in [5.74, 6) is 0.145. The SMILES string of the molecule is CCC1=NCNC(c2ccc(O)cc2)C1C(=O)OCC1CCCCC1. The number of aromatic hydroxyl groups is 1. The Kier molecular flexibility index (Phi) is 6.08. The van der Waals surface area contributed by atoms with E-state index in [9.17, 15) is 9.90 Å². The van der Waals surface area contributed by atoms with Gasteiger partial charge in [-0.25, -0.2) is 0 Å². The van der Waals surface area contributed by atoms with Gasteiger partial charge in [-0.1, -0.05) is 38.3 Å². The van der Waals surface area contributed by atoms with E-state index in [-0.39, 0.29) is 17.8 Å². The summed E-state index contributed by atoms with van der Waals surface area (Å²) >= 11 is 0. The van der Waals surface area contributed by atoms with Gasteiger partial charge < -0.3 is 9.84 Å². The van der Waals surface area contributed by atoms with E-state index in [0.717, 1.165) is 30.5 Å². The van der Waals surface area contributed by atoms with Crippen LogP contribution in [0.5, 0.6) is 5.75 Å². The zero-order chi connectivity index (χ0) is 17.6. The molecule has 0 saturated heterocycles. The Labute approximate surface area is 149 Å². The molecule has 2 N–H and O–H groups in total. The third-order valence-corrected chi connectivity index (χ3v) is 5.34. The number of rotatable bonds is 5. The smallest absolute Gasteiger partial charge is 0.316 e. The average Bonchev–Trinajstić information content (AvgIpc) is 2.67. The summed E-state index contributed by atoms with van der Waals surface area (Å²) in [7, 11) is 0. The van der Waals surface area contributed by atoms with Gasteiger partial charge >= 0.3 is 5.97 Å². The summed E-state index contributed by atoms with van der Waals surface area (Å²) in [6, 6.07) is 6.85. The molecule has 136 valence electrons. The van der Waals surface area contributed by atoms with Gasteiger partial charge in [0.05, 0.1) is 19.3 Å². The quantitative estimate of drug-likeness (QED) is 0.801. The summed E-state index contributed by atoms with van der Waals surface area (Å²) in [6.45, 7) is 3.05. The number of phenolic OH excluding ortho intramolecular Hbond substituents is 1. The van der Waals surface area contributed by atoms with Crippen LogP contribution in [0.1, 0.15) is 57.1 Å². The van der Waals surface area contributed by atoms with Crippen LogP contribution in [0.2, 0.25) is 0 Å². The van der Waals surface area contributed by atoms with E-state index < -0.39 is 5.92 Å². The van der Waals surface area contributed by atoms with Gasteiger partial charge in [0.1, 0.15) is 11.7 Å². The van der Waals surface area contributed by atoms with Crippen LogP contribution in [0.3, 0.4) is 0 Å². The lowest BCUT2D eigenvalue weighted by atomic mass is 9.86. The molecule has 0 amide bonds. The molecule has 0 radical (unpaired) electrons. The first kappa shape index (κ1) is 17.9. The van der Waals surface area contributed by atoms with Gasteiger partial charge in [0, 0.05) is 5.71 Å². The van der Waals surface area contributed by atoms with Gasteiger partial charge in [0.15, 0.2) is 0 Å². The van der Waals surface area contributed by atoms with Crippen molar-refractivity contribution in [3.63, 3.8) is 0 Å². The summed E-state index contributed by atoms with van der Waals surface area (Å²) in [5, 5.41) is 12.8. The molecule has 1 aliphatic heterocycles. The molecule has 5 heteroatoms. The number of esters is 1. The molecule has 1 aromatic rings. The van der Waals surface area contributed by atoms with E-state index in [1.54, 1.807) is 12.1 Å². The van der Waals surface area contributed by atoms with Crippen LogP contribution in [0.15, 0.2) is 29.3 Å². The van der Waals surface area contributed by atoms with Gasteiger partial charge in [-0.05, 0) is 42.9 Å². The summed E-state index contributed by atoms with van der Waals surface area (Å²) in [4.78, 5) is 17.4. The molecule has 1 fully saturated rings. The number of carbonyl (C=O) groups excluding carboxylic acids is 1. The summed E-state index contributed by atoms with van der Waals surface area (Å²) in [5.41, 5.74) is 1.86. The highest BCUT2D eigenvalue weighted by Gasteiger charge is 2.36. The maximum atomic E-state index is 12.9. The highest BCUT2D eigenvalue weighted by Crippen LogP contribution is 2.30. The molecular weight excluding hydrogens is 316 g/mol. The Bertz CT molecular complexity index is 606. The van der Waals surface area contributed by atoms with Gasteiger partial charge in [0.25, 0.3) is 0 Å². The van der Waals surface area contributed by atoms with Crippen LogP contribution in [-0.4, -0.2) is 30.1 Å². The number of hydrogen-bond donors (Lipinski definition) is 2. The van der Waals surface area contributed by atoms with Gasteiger partial charge in [-0.2, -0.15) is 0 Å². The number of aliphatic imine (C=N–C) groups is 1. The zero-order valence-corrected chi connectivity index (χ0v) is 14.9. The molecule has 1 aliphatic carbocycles. The maximum Gasteiger partial charge on any atom is 0.316 e. The molecule has 1 aromatic carbocycles. The lowest BCUT2D eigenvalue weighted by molar-refractivity contribution is -0.149. The monoisotopic (exact) mass is 344 g/mol. The first-order valence-electron chi connectivity index (χ1n) is 9.41. The third-order valence-electron chi connectivity index (χ3n) is 5.34. The molecule has 2 atom stereocenters. The van der Waals surface area contributed by atoms with Crippen molar-refractivity contribution >= 4 is 11.7 Å². The fraction of sp³-hybridized carbons (Fsp3) is 0.600. The van der Waals surface area contributed by atoms with E-state index >= 15 is 0 Å². The molecule has 3 rings (SSSR count). The Morgan fingerprint density at radius 2 is 1.96 bits per heavy atom. The van der Waals surface area contributed by atoms with Gasteiger partial charge in [0.2, 0.25) is 0 Å². The number of carbonyl (C=O) groups is 1. The standard InChI is InChI=1S/C20H28N2O3/c1-2-17-18(20(24)25-12-14-6-4-3-5-7-14)19(22-13-21-17)15-8-10-16(23)11-9-15/h8-11,14,18-19,22-23H,2-7,12-13H2,1H3. The van der Waals surface area contributed by atoms with Crippen LogP contribution < -0.4 is 5.32 Å². The summed E-state index contributed by atoms with van der Waals surface area (Å²) in [6.07, 6.45) is 6.83. The normalized spacial score (nSPS) is 24.6. The van der Waals surface area contributed by atoms with Crippen molar-refractivity contribution in [3.8, 4) is 5.75 Å². The molecule has 1 saturated carbocycles. The molecule has 2 unspecified atom stereocenters. The number of nitrogens with zero attached hydrogens (tertiary/aromatic N) is 1. The molecule has 1 heterocycles. The van der Waals surface area contributed by atoms with E-state index in [0.29, 0.717) is 19.2 Å². The number of benzene rings is 1. The Hall–Kier alpha value is -1.88. The highest BCUT2D eigenvalue weighted by molar-refractivity contribution is 6.03. The minimum Gasteiger partial charge on any atom is -0.508 e. The Balaban J connectivity index is 1.72. The first-order chi connectivity index (χ1) is 12.2. The average molecular weight is 344 g/mol. The third kappa shape index (κ3) is 4.40. The molecule has 0 aromatic heterocycles. The van der Waals surface area contributed by atoms with Crippen molar-refractivity contribution in [1.82, 2.24) is 5.32 Å². The number of ether oxygens (including phenoxy) is 1. The number of hydrogen-bond acceptors (Lipinski definition) is 5. The van der Waals surface area contributed by atoms with Crippen LogP contribution in [0, 0.1) is 11.8 Å². The van der Waals surface area contributed by atoms with E-state index in [4.69, 9.17) is 4.74 Å². The maximum absolute atomic E-state index is 12.9. The first-order valence-corrected chi connectivity index (χ1v) is 9.41. The largest absolute Gasteiger partial charge is 0.508 e. The zero-order valence-electron chi connectivity index (χ0n) is 14.9. The highest BCUT2D eigenvalue weighted by atomic mass is 16.5. The fourth-order valence-electron chi connectivity index (χ4n) is 3.89. The van der Waals surface area contributed by atoms with E-state index in [1.165, 1.54) is 19.3 Å². The summed E-state index contributed by atoms with van der Waals surface area (Å²) < 4.78 is 5.72. The molecule has 0 spiro atoms. The second-order valence-corrected chi connectivity index (χ2v) is 7.05. The Morgan fingerprint density at radius 3 is 2.64 bits per heavy atom. The Morgan fingerprint density at radius 1 is 1.24 bits per heavy atom. The predicted molar refractivity (Wildman–Crippen MR) is 97.6 cm³/mol. The fourth-order valence-corrected chi connectivity index (χ4v) is 3.89. The van der Waals surface area contributed by atoms with Crippen molar-refractivity contribution in [2.45, 2.75) is 51.5 Å². The van der Waals surface area contributed by atoms with Crippen LogP contribution >= 0.6 is 0 Å². The van der Waals surface area contributed by atoms with Gasteiger partial charge in [-0.15, -0.1) is 0 Å². The van der Waals surface area contributed by atoms with Crippen molar-refractivity contribution in [3.05, 3.63) is 29.8 Å².